The Balaban J connectivity index is 2.15. The predicted molar refractivity (Wildman–Crippen MR) is 90.5 cm³/mol. The molecule has 0 radical (unpaired) electrons. The number of hydrogen-bond donors (Lipinski definition) is 2. The van der Waals surface area contributed by atoms with Crippen molar-refractivity contribution in [2.45, 2.75) is 44.6 Å². The summed E-state index contributed by atoms with van der Waals surface area (Å²) in [6.07, 6.45) is -0.721. The van der Waals surface area contributed by atoms with Gasteiger partial charge in [0, 0.05) is 12.1 Å². The number of aliphatic hydroxyl groups is 1. The molecule has 24 heavy (non-hydrogen) atoms. The lowest BCUT2D eigenvalue weighted by atomic mass is 9.91. The monoisotopic (exact) mass is 332 g/mol. The molecule has 1 aromatic carbocycles. The van der Waals surface area contributed by atoms with Crippen LogP contribution in [0.5, 0.6) is 5.75 Å². The van der Waals surface area contributed by atoms with Crippen molar-refractivity contribution in [3.63, 3.8) is 0 Å². The number of β-lactam (4-membered cyclic amide) rings is 1. The Labute approximate surface area is 142 Å². The molecule has 0 spiro atoms. The molecule has 1 aliphatic heterocycles. The molecule has 0 bridgehead atoms. The number of para-hydroxylation sites is 1. The summed E-state index contributed by atoms with van der Waals surface area (Å²) in [5, 5.41) is 13.2. The third kappa shape index (κ3) is 3.94. The van der Waals surface area contributed by atoms with Gasteiger partial charge in [-0.25, -0.2) is 0 Å². The highest BCUT2D eigenvalue weighted by Gasteiger charge is 2.54. The second-order valence-corrected chi connectivity index (χ2v) is 6.81. The number of nitrogens with zero attached hydrogens (tertiary/aromatic N) is 1. The minimum Gasteiger partial charge on any atom is -0.478 e. The highest BCUT2D eigenvalue weighted by molar-refractivity contribution is 5.93. The van der Waals surface area contributed by atoms with E-state index in [0.717, 1.165) is 0 Å². The Kier molecular flexibility index (Phi) is 5.29. The van der Waals surface area contributed by atoms with Gasteiger partial charge in [0.05, 0.1) is 0 Å². The fraction of sp³-hybridized carbons (Fsp3) is 0.444. The van der Waals surface area contributed by atoms with Gasteiger partial charge in [0.2, 0.25) is 6.10 Å². The van der Waals surface area contributed by atoms with E-state index in [9.17, 15) is 14.7 Å². The van der Waals surface area contributed by atoms with Crippen LogP contribution in [-0.4, -0.2) is 52.2 Å². The van der Waals surface area contributed by atoms with Gasteiger partial charge >= 0.3 is 0 Å². The molecule has 1 aliphatic rings. The Hall–Kier alpha value is -2.34. The summed E-state index contributed by atoms with van der Waals surface area (Å²) in [5.74, 6) is -0.287. The van der Waals surface area contributed by atoms with E-state index in [0.29, 0.717) is 5.75 Å². The molecule has 1 heterocycles. The first-order chi connectivity index (χ1) is 11.2. The quantitative estimate of drug-likeness (QED) is 0.604. The van der Waals surface area contributed by atoms with E-state index in [1.165, 1.54) is 4.90 Å². The average molecular weight is 332 g/mol. The fourth-order valence-corrected chi connectivity index (χ4v) is 2.59. The Morgan fingerprint density at radius 1 is 1.42 bits per heavy atom. The van der Waals surface area contributed by atoms with Crippen molar-refractivity contribution in [1.82, 2.24) is 10.2 Å². The summed E-state index contributed by atoms with van der Waals surface area (Å²) in [5.41, 5.74) is -0.481. The van der Waals surface area contributed by atoms with Crippen molar-refractivity contribution in [1.29, 1.82) is 0 Å². The van der Waals surface area contributed by atoms with Crippen molar-refractivity contribution in [2.24, 2.45) is 0 Å². The molecule has 1 saturated heterocycles. The predicted octanol–water partition coefficient (Wildman–Crippen LogP) is 1.11. The van der Waals surface area contributed by atoms with Gasteiger partial charge in [0.25, 0.3) is 11.8 Å². The number of aliphatic hydroxyl groups excluding tert-OH is 1. The van der Waals surface area contributed by atoms with Crippen LogP contribution in [0.15, 0.2) is 43.0 Å². The number of ether oxygens (including phenoxy) is 1. The number of rotatable bonds is 6. The number of carbonyl (C=O) groups excluding carboxylic acids is 2. The zero-order valence-electron chi connectivity index (χ0n) is 14.2. The molecule has 6 nitrogen and oxygen atoms in total. The molecule has 1 fully saturated rings. The summed E-state index contributed by atoms with van der Waals surface area (Å²) in [6.45, 7) is 9.32. The summed E-state index contributed by atoms with van der Waals surface area (Å²) < 4.78 is 5.69. The molecule has 130 valence electrons. The van der Waals surface area contributed by atoms with Gasteiger partial charge in [-0.2, -0.15) is 0 Å². The van der Waals surface area contributed by atoms with Crippen LogP contribution in [0.2, 0.25) is 0 Å². The number of likely N-dealkylation sites (tertiary alicyclic amines) is 1. The minimum atomic E-state index is -1.38. The molecule has 0 saturated carbocycles. The van der Waals surface area contributed by atoms with Gasteiger partial charge in [-0.3, -0.25) is 9.59 Å². The standard InChI is InChI=1S/C18H24N2O4/c1-5-11-20-13(14(21)16(22)19-18(2,3)4)15(17(20)23)24-12-9-7-6-8-10-12/h5-10,13-15,21H,1,11H2,2-4H3,(H,19,22)/t13-,14+,15+/m0/s1. The first-order valence-corrected chi connectivity index (χ1v) is 7.88. The number of hydrogen-bond acceptors (Lipinski definition) is 4. The molecule has 3 atom stereocenters. The maximum Gasteiger partial charge on any atom is 0.266 e. The van der Waals surface area contributed by atoms with Crippen molar-refractivity contribution in [2.75, 3.05) is 6.54 Å². The Morgan fingerprint density at radius 2 is 2.04 bits per heavy atom. The second kappa shape index (κ2) is 7.05. The van der Waals surface area contributed by atoms with E-state index < -0.39 is 29.7 Å². The molecule has 2 amide bonds. The van der Waals surface area contributed by atoms with Gasteiger partial charge in [-0.1, -0.05) is 24.3 Å². The van der Waals surface area contributed by atoms with Gasteiger partial charge in [-0.05, 0) is 32.9 Å². The van der Waals surface area contributed by atoms with E-state index in [1.54, 1.807) is 30.3 Å². The van der Waals surface area contributed by atoms with Gasteiger partial charge in [-0.15, -0.1) is 6.58 Å². The normalized spacial score (nSPS) is 21.7. The second-order valence-electron chi connectivity index (χ2n) is 6.81. The maximum absolute atomic E-state index is 12.3. The SMILES string of the molecule is C=CCN1C(=O)[C@H](Oc2ccccc2)[C@@H]1[C@@H](O)C(=O)NC(C)(C)C. The van der Waals surface area contributed by atoms with E-state index in [4.69, 9.17) is 4.74 Å². The Bertz CT molecular complexity index is 609. The lowest BCUT2D eigenvalue weighted by molar-refractivity contribution is -0.174. The lowest BCUT2D eigenvalue weighted by Gasteiger charge is -2.47. The average Bonchev–Trinajstić information content (AvgIpc) is 2.52. The molecule has 0 aromatic heterocycles. The molecule has 6 heteroatoms. The molecule has 1 aromatic rings. The maximum atomic E-state index is 12.3. The fourth-order valence-electron chi connectivity index (χ4n) is 2.59. The van der Waals surface area contributed by atoms with Crippen LogP contribution in [-0.2, 0) is 9.59 Å². The molecular formula is C18H24N2O4. The van der Waals surface area contributed by atoms with Crippen LogP contribution in [0.1, 0.15) is 20.8 Å². The van der Waals surface area contributed by atoms with E-state index in [-0.39, 0.29) is 12.5 Å². The van der Waals surface area contributed by atoms with Gasteiger partial charge in [0.1, 0.15) is 11.8 Å². The van der Waals surface area contributed by atoms with Crippen LogP contribution in [0.25, 0.3) is 0 Å². The Morgan fingerprint density at radius 3 is 2.58 bits per heavy atom. The van der Waals surface area contributed by atoms with Crippen LogP contribution in [0.4, 0.5) is 0 Å². The van der Waals surface area contributed by atoms with Crippen molar-refractivity contribution < 1.29 is 19.4 Å². The van der Waals surface area contributed by atoms with Crippen LogP contribution >= 0.6 is 0 Å². The van der Waals surface area contributed by atoms with E-state index >= 15 is 0 Å². The topological polar surface area (TPSA) is 78.9 Å². The minimum absolute atomic E-state index is 0.248. The number of nitrogens with one attached hydrogen (secondary N) is 1. The van der Waals surface area contributed by atoms with Crippen molar-refractivity contribution in [3.05, 3.63) is 43.0 Å². The zero-order valence-corrected chi connectivity index (χ0v) is 14.2. The number of amides is 2. The third-order valence-electron chi connectivity index (χ3n) is 3.62. The first-order valence-electron chi connectivity index (χ1n) is 7.88. The van der Waals surface area contributed by atoms with Crippen LogP contribution in [0.3, 0.4) is 0 Å². The summed E-state index contributed by atoms with van der Waals surface area (Å²) >= 11 is 0. The van der Waals surface area contributed by atoms with Crippen molar-refractivity contribution in [3.8, 4) is 5.75 Å². The number of carbonyl (C=O) groups is 2. The highest BCUT2D eigenvalue weighted by atomic mass is 16.5. The van der Waals surface area contributed by atoms with Gasteiger partial charge in [0.15, 0.2) is 6.10 Å². The lowest BCUT2D eigenvalue weighted by Crippen LogP contribution is -2.73. The third-order valence-corrected chi connectivity index (χ3v) is 3.62. The largest absolute Gasteiger partial charge is 0.478 e. The van der Waals surface area contributed by atoms with Crippen LogP contribution < -0.4 is 10.1 Å². The summed E-state index contributed by atoms with van der Waals surface area (Å²) in [7, 11) is 0. The molecule has 2 rings (SSSR count). The first kappa shape index (κ1) is 18.0. The number of benzene rings is 1. The zero-order chi connectivity index (χ0) is 17.9. The molecule has 0 unspecified atom stereocenters. The van der Waals surface area contributed by atoms with Crippen LogP contribution in [0, 0.1) is 0 Å². The van der Waals surface area contributed by atoms with E-state index in [1.807, 2.05) is 26.8 Å². The van der Waals surface area contributed by atoms with E-state index in [2.05, 4.69) is 11.9 Å². The molecule has 0 aliphatic carbocycles. The molecule has 2 N–H and O–H groups in total. The smallest absolute Gasteiger partial charge is 0.266 e. The summed E-state index contributed by atoms with van der Waals surface area (Å²) in [6, 6.07) is 8.11. The highest BCUT2D eigenvalue weighted by Crippen LogP contribution is 2.28. The molecular weight excluding hydrogens is 308 g/mol. The van der Waals surface area contributed by atoms with Crippen molar-refractivity contribution >= 4 is 11.8 Å². The summed E-state index contributed by atoms with van der Waals surface area (Å²) in [4.78, 5) is 26.0. The van der Waals surface area contributed by atoms with Gasteiger partial charge < -0.3 is 20.1 Å².